The summed E-state index contributed by atoms with van der Waals surface area (Å²) in [5.74, 6) is 2.29. The van der Waals surface area contributed by atoms with Gasteiger partial charge in [0, 0.05) is 6.42 Å². The molecule has 23 heavy (non-hydrogen) atoms. The van der Waals surface area contributed by atoms with Gasteiger partial charge in [-0.05, 0) is 79.6 Å². The molecule has 0 aromatic heterocycles. The van der Waals surface area contributed by atoms with E-state index in [-0.39, 0.29) is 16.9 Å². The third-order valence-electron chi connectivity index (χ3n) is 8.08. The zero-order valence-electron chi connectivity index (χ0n) is 14.8. The molecule has 0 spiro atoms. The molecule has 2 heteroatoms. The Kier molecular flexibility index (Phi) is 3.43. The molecule has 1 N–H and O–H groups in total. The first kappa shape index (κ1) is 15.6. The number of allylic oxidation sites excluding steroid dienone is 3. The van der Waals surface area contributed by atoms with Crippen LogP contribution in [0, 0.1) is 28.6 Å². The van der Waals surface area contributed by atoms with Crippen LogP contribution < -0.4 is 0 Å². The van der Waals surface area contributed by atoms with Crippen molar-refractivity contribution in [2.75, 3.05) is 0 Å². The number of aliphatic hydroxyl groups excluding tert-OH is 1. The molecule has 0 aromatic carbocycles. The number of hydrogen-bond donors (Lipinski definition) is 1. The van der Waals surface area contributed by atoms with Crippen molar-refractivity contribution in [1.82, 2.24) is 0 Å². The number of fused-ring (bicyclic) bond motifs is 5. The molecule has 0 aliphatic heterocycles. The summed E-state index contributed by atoms with van der Waals surface area (Å²) in [7, 11) is 0. The number of ketones is 1. The van der Waals surface area contributed by atoms with Gasteiger partial charge < -0.3 is 5.11 Å². The van der Waals surface area contributed by atoms with Crippen molar-refractivity contribution in [3.05, 3.63) is 23.3 Å². The normalized spacial score (nSPS) is 51.0. The van der Waals surface area contributed by atoms with Crippen molar-refractivity contribution in [3.8, 4) is 0 Å². The lowest BCUT2D eigenvalue weighted by Crippen LogP contribution is -2.49. The highest BCUT2D eigenvalue weighted by molar-refractivity contribution is 5.99. The quantitative estimate of drug-likeness (QED) is 0.530. The average Bonchev–Trinajstić information content (AvgIpc) is 2.77. The van der Waals surface area contributed by atoms with Crippen LogP contribution in [0.15, 0.2) is 23.3 Å². The van der Waals surface area contributed by atoms with Gasteiger partial charge in [-0.2, -0.15) is 0 Å². The Morgan fingerprint density at radius 1 is 1.13 bits per heavy atom. The molecule has 0 unspecified atom stereocenters. The molecular weight excluding hydrogens is 284 g/mol. The number of carbonyl (C=O) groups is 1. The summed E-state index contributed by atoms with van der Waals surface area (Å²) in [6, 6.07) is 0. The number of aliphatic hydroxyl groups is 1. The molecule has 0 heterocycles. The van der Waals surface area contributed by atoms with Gasteiger partial charge in [-0.25, -0.2) is 0 Å². The smallest absolute Gasteiger partial charge is 0.159 e. The van der Waals surface area contributed by atoms with E-state index in [4.69, 9.17) is 0 Å². The second-order valence-electron chi connectivity index (χ2n) is 8.94. The summed E-state index contributed by atoms with van der Waals surface area (Å²) in [4.78, 5) is 12.5. The largest absolute Gasteiger partial charge is 0.393 e. The fourth-order valence-electron chi connectivity index (χ4n) is 6.79. The fraction of sp³-hybridized carbons (Fsp3) is 0.762. The van der Waals surface area contributed by atoms with E-state index < -0.39 is 0 Å². The third-order valence-corrected chi connectivity index (χ3v) is 8.08. The Morgan fingerprint density at radius 3 is 2.61 bits per heavy atom. The highest BCUT2D eigenvalue weighted by Gasteiger charge is 2.59. The minimum Gasteiger partial charge on any atom is -0.393 e. The Morgan fingerprint density at radius 2 is 1.87 bits per heavy atom. The summed E-state index contributed by atoms with van der Waals surface area (Å²) in [5.41, 5.74) is 3.00. The van der Waals surface area contributed by atoms with Gasteiger partial charge in [0.2, 0.25) is 0 Å². The summed E-state index contributed by atoms with van der Waals surface area (Å²) < 4.78 is 0. The molecule has 0 saturated heterocycles. The molecule has 3 fully saturated rings. The monoisotopic (exact) mass is 314 g/mol. The lowest BCUT2D eigenvalue weighted by molar-refractivity contribution is -0.115. The first-order chi connectivity index (χ1) is 10.9. The molecular formula is C21H30O2. The summed E-state index contributed by atoms with van der Waals surface area (Å²) in [5, 5.41) is 10.1. The third kappa shape index (κ3) is 2.00. The minimum atomic E-state index is -0.137. The minimum absolute atomic E-state index is 0.114. The molecule has 0 bridgehead atoms. The Bertz CT molecular complexity index is 601. The second-order valence-corrected chi connectivity index (χ2v) is 8.94. The van der Waals surface area contributed by atoms with Crippen LogP contribution in [-0.2, 0) is 4.79 Å². The predicted molar refractivity (Wildman–Crippen MR) is 91.9 cm³/mol. The van der Waals surface area contributed by atoms with Gasteiger partial charge in [0.05, 0.1) is 6.10 Å². The Balaban J connectivity index is 1.71. The number of rotatable bonds is 0. The first-order valence-corrected chi connectivity index (χ1v) is 9.47. The Hall–Kier alpha value is -0.890. The lowest BCUT2D eigenvalue weighted by Gasteiger charge is -2.57. The van der Waals surface area contributed by atoms with Gasteiger partial charge in [-0.3, -0.25) is 4.79 Å². The second kappa shape index (κ2) is 5.05. The van der Waals surface area contributed by atoms with E-state index >= 15 is 0 Å². The van der Waals surface area contributed by atoms with Crippen LogP contribution in [0.3, 0.4) is 0 Å². The fourth-order valence-corrected chi connectivity index (χ4v) is 6.79. The number of hydrogen-bond acceptors (Lipinski definition) is 2. The highest BCUT2D eigenvalue weighted by Crippen LogP contribution is 2.65. The van der Waals surface area contributed by atoms with Crippen LogP contribution >= 0.6 is 0 Å². The molecule has 4 rings (SSSR count). The van der Waals surface area contributed by atoms with Crippen molar-refractivity contribution < 1.29 is 9.90 Å². The van der Waals surface area contributed by atoms with E-state index in [1.807, 2.05) is 6.92 Å². The molecule has 6 atom stereocenters. The van der Waals surface area contributed by atoms with E-state index in [1.54, 1.807) is 0 Å². The molecule has 0 aromatic rings. The van der Waals surface area contributed by atoms with E-state index in [1.165, 1.54) is 12.0 Å². The van der Waals surface area contributed by atoms with E-state index in [9.17, 15) is 9.90 Å². The van der Waals surface area contributed by atoms with Crippen LogP contribution in [0.4, 0.5) is 0 Å². The molecule has 2 nitrogen and oxygen atoms in total. The lowest BCUT2D eigenvalue weighted by atomic mass is 9.48. The van der Waals surface area contributed by atoms with Crippen molar-refractivity contribution in [1.29, 1.82) is 0 Å². The summed E-state index contributed by atoms with van der Waals surface area (Å²) in [6.45, 7) is 6.83. The topological polar surface area (TPSA) is 37.3 Å². The van der Waals surface area contributed by atoms with Crippen molar-refractivity contribution in [3.63, 3.8) is 0 Å². The van der Waals surface area contributed by atoms with Gasteiger partial charge in [-0.15, -0.1) is 0 Å². The van der Waals surface area contributed by atoms with Crippen LogP contribution in [0.25, 0.3) is 0 Å². The molecule has 126 valence electrons. The van der Waals surface area contributed by atoms with Crippen LogP contribution in [0.1, 0.15) is 65.7 Å². The predicted octanol–water partition coefficient (Wildman–Crippen LogP) is 4.44. The van der Waals surface area contributed by atoms with Gasteiger partial charge in [0.25, 0.3) is 0 Å². The van der Waals surface area contributed by atoms with Crippen molar-refractivity contribution in [2.24, 2.45) is 28.6 Å². The molecule has 0 amide bonds. The maximum absolute atomic E-state index is 12.5. The average molecular weight is 314 g/mol. The van der Waals surface area contributed by atoms with E-state index in [0.717, 1.165) is 44.1 Å². The molecule has 3 saturated carbocycles. The summed E-state index contributed by atoms with van der Waals surface area (Å²) >= 11 is 0. The van der Waals surface area contributed by atoms with Crippen molar-refractivity contribution in [2.45, 2.75) is 71.8 Å². The van der Waals surface area contributed by atoms with Crippen molar-refractivity contribution >= 4 is 5.78 Å². The van der Waals surface area contributed by atoms with Gasteiger partial charge in [-0.1, -0.05) is 31.6 Å². The van der Waals surface area contributed by atoms with Gasteiger partial charge in [0.15, 0.2) is 5.78 Å². The van der Waals surface area contributed by atoms with E-state index in [0.29, 0.717) is 23.5 Å². The maximum Gasteiger partial charge on any atom is 0.159 e. The zero-order valence-corrected chi connectivity index (χ0v) is 14.8. The number of Topliss-reactive ketones (excluding diaryl/α,β-unsaturated/α-hetero) is 1. The maximum atomic E-state index is 12.5. The van der Waals surface area contributed by atoms with Crippen LogP contribution in [0.5, 0.6) is 0 Å². The van der Waals surface area contributed by atoms with Crippen LogP contribution in [-0.4, -0.2) is 17.0 Å². The van der Waals surface area contributed by atoms with Gasteiger partial charge in [0.1, 0.15) is 0 Å². The Labute approximate surface area is 140 Å². The zero-order chi connectivity index (χ0) is 16.4. The molecule has 4 aliphatic carbocycles. The molecule has 0 radical (unpaired) electrons. The van der Waals surface area contributed by atoms with Crippen LogP contribution in [0.2, 0.25) is 0 Å². The summed E-state index contributed by atoms with van der Waals surface area (Å²) in [6.07, 6.45) is 11.6. The SMILES string of the molecule is C/C=C1/C(=O)C[C@H]2[C@@H]3CC=C4C[C@@H](O)CC[C@]4(C)[C@H]3CC[C@]12C. The van der Waals surface area contributed by atoms with Gasteiger partial charge >= 0.3 is 0 Å². The van der Waals surface area contributed by atoms with E-state index in [2.05, 4.69) is 26.0 Å². The number of carbonyl (C=O) groups excluding carboxylic acids is 1. The molecule has 4 aliphatic rings. The standard InChI is InChI=1S/C21H30O2/c1-4-16-19(23)12-18-15-6-5-13-11-14(22)7-9-20(13,2)17(15)8-10-21(16,18)3/h4-5,14-15,17-18,22H,6-12H2,1-3H3/b16-4-/t14-,15+,17-,18-,20-,21+/m0/s1. The highest BCUT2D eigenvalue weighted by atomic mass is 16.3. The first-order valence-electron chi connectivity index (χ1n) is 9.47.